The molecule has 1 heterocycles. The standard InChI is InChI=1S/C22H26N4O4/c1-13-7-6-8-16(14(13)2)24-21(27)12-26(3)11-20-23-17-10-19(30-5)18(29-4)9-15(17)22(28)25-20/h6-10H,11-12H2,1-5H3,(H,24,27)(H,23,25,28)/p+1. The number of H-pyrrole nitrogens is 1. The molecule has 0 fully saturated rings. The summed E-state index contributed by atoms with van der Waals surface area (Å²) in [4.78, 5) is 33.2. The van der Waals surface area contributed by atoms with Gasteiger partial charge in [0.2, 0.25) is 0 Å². The first-order valence-corrected chi connectivity index (χ1v) is 9.64. The van der Waals surface area contributed by atoms with Crippen LogP contribution in [0.15, 0.2) is 35.1 Å². The second-order valence-electron chi connectivity index (χ2n) is 7.34. The number of carbonyl (C=O) groups is 1. The average Bonchev–Trinajstić information content (AvgIpc) is 2.70. The number of aromatic amines is 1. The Kier molecular flexibility index (Phi) is 6.37. The molecule has 0 bridgehead atoms. The van der Waals surface area contributed by atoms with Crippen LogP contribution in [0.5, 0.6) is 11.5 Å². The molecule has 0 saturated carbocycles. The summed E-state index contributed by atoms with van der Waals surface area (Å²) in [6, 6.07) is 9.10. The SMILES string of the molecule is COc1cc2nc(C[NH+](C)CC(=O)Nc3cccc(C)c3C)[nH]c(=O)c2cc1OC. The van der Waals surface area contributed by atoms with E-state index in [1.807, 2.05) is 39.1 Å². The third-order valence-corrected chi connectivity index (χ3v) is 5.07. The van der Waals surface area contributed by atoms with Crippen molar-refractivity contribution in [3.8, 4) is 11.5 Å². The fourth-order valence-corrected chi connectivity index (χ4v) is 3.30. The van der Waals surface area contributed by atoms with Gasteiger partial charge in [-0.25, -0.2) is 4.98 Å². The number of hydrogen-bond acceptors (Lipinski definition) is 5. The third-order valence-electron chi connectivity index (χ3n) is 5.07. The second-order valence-corrected chi connectivity index (χ2v) is 7.34. The zero-order valence-electron chi connectivity index (χ0n) is 17.9. The highest BCUT2D eigenvalue weighted by Crippen LogP contribution is 2.29. The van der Waals surface area contributed by atoms with Gasteiger partial charge in [0, 0.05) is 11.8 Å². The van der Waals surface area contributed by atoms with E-state index in [1.165, 1.54) is 14.2 Å². The third kappa shape index (κ3) is 4.60. The quantitative estimate of drug-likeness (QED) is 0.543. The highest BCUT2D eigenvalue weighted by Gasteiger charge is 2.16. The predicted octanol–water partition coefficient (Wildman–Crippen LogP) is 1.21. The molecular weight excluding hydrogens is 384 g/mol. The Hall–Kier alpha value is -3.39. The van der Waals surface area contributed by atoms with Gasteiger partial charge < -0.3 is 24.7 Å². The number of nitrogens with zero attached hydrogens (tertiary/aromatic N) is 1. The molecule has 3 rings (SSSR count). The van der Waals surface area contributed by atoms with Crippen LogP contribution in [0.3, 0.4) is 0 Å². The zero-order valence-corrected chi connectivity index (χ0v) is 17.9. The second kappa shape index (κ2) is 8.96. The lowest BCUT2D eigenvalue weighted by Crippen LogP contribution is -3.08. The number of rotatable bonds is 7. The number of aromatic nitrogens is 2. The summed E-state index contributed by atoms with van der Waals surface area (Å²) in [5.41, 5.74) is 3.24. The number of benzene rings is 2. The lowest BCUT2D eigenvalue weighted by Gasteiger charge is -2.15. The molecule has 30 heavy (non-hydrogen) atoms. The molecule has 1 amide bonds. The van der Waals surface area contributed by atoms with Crippen molar-refractivity contribution in [3.05, 3.63) is 57.6 Å². The molecule has 0 aliphatic rings. The van der Waals surface area contributed by atoms with E-state index in [0.717, 1.165) is 21.7 Å². The highest BCUT2D eigenvalue weighted by atomic mass is 16.5. The van der Waals surface area contributed by atoms with Gasteiger partial charge in [-0.1, -0.05) is 12.1 Å². The maximum atomic E-state index is 12.5. The number of hydrogen-bond donors (Lipinski definition) is 3. The lowest BCUT2D eigenvalue weighted by molar-refractivity contribution is -0.885. The van der Waals surface area contributed by atoms with Crippen LogP contribution < -0.4 is 25.2 Å². The Morgan fingerprint density at radius 2 is 1.87 bits per heavy atom. The van der Waals surface area contributed by atoms with Crippen molar-refractivity contribution in [1.29, 1.82) is 0 Å². The molecule has 1 unspecified atom stereocenters. The van der Waals surface area contributed by atoms with Crippen molar-refractivity contribution < 1.29 is 19.2 Å². The van der Waals surface area contributed by atoms with Gasteiger partial charge in [0.25, 0.3) is 11.5 Å². The van der Waals surface area contributed by atoms with Gasteiger partial charge in [0.1, 0.15) is 6.54 Å². The monoisotopic (exact) mass is 411 g/mol. The predicted molar refractivity (Wildman–Crippen MR) is 115 cm³/mol. The van der Waals surface area contributed by atoms with E-state index in [0.29, 0.717) is 34.8 Å². The summed E-state index contributed by atoms with van der Waals surface area (Å²) in [6.07, 6.45) is 0. The van der Waals surface area contributed by atoms with Crippen molar-refractivity contribution in [2.75, 3.05) is 33.1 Å². The first-order chi connectivity index (χ1) is 14.3. The van der Waals surface area contributed by atoms with E-state index < -0.39 is 0 Å². The summed E-state index contributed by atoms with van der Waals surface area (Å²) < 4.78 is 10.5. The Labute approximate surface area is 174 Å². The van der Waals surface area contributed by atoms with Gasteiger partial charge in [-0.05, 0) is 37.1 Å². The number of aryl methyl sites for hydroxylation is 1. The number of carbonyl (C=O) groups excluding carboxylic acids is 1. The van der Waals surface area contributed by atoms with E-state index in [1.54, 1.807) is 12.1 Å². The molecule has 1 aromatic heterocycles. The largest absolute Gasteiger partial charge is 0.493 e. The zero-order chi connectivity index (χ0) is 21.8. The van der Waals surface area contributed by atoms with Crippen molar-refractivity contribution in [1.82, 2.24) is 9.97 Å². The minimum Gasteiger partial charge on any atom is -0.493 e. The van der Waals surface area contributed by atoms with Gasteiger partial charge in [0.15, 0.2) is 23.9 Å². The van der Waals surface area contributed by atoms with Crippen LogP contribution in [0, 0.1) is 13.8 Å². The van der Waals surface area contributed by atoms with Gasteiger partial charge in [-0.2, -0.15) is 0 Å². The summed E-state index contributed by atoms with van der Waals surface area (Å²) in [7, 11) is 4.92. The summed E-state index contributed by atoms with van der Waals surface area (Å²) >= 11 is 0. The number of ether oxygens (including phenoxy) is 2. The minimum absolute atomic E-state index is 0.101. The summed E-state index contributed by atoms with van der Waals surface area (Å²) in [5.74, 6) is 1.37. The van der Waals surface area contributed by atoms with Crippen LogP contribution in [-0.2, 0) is 11.3 Å². The molecule has 2 aromatic carbocycles. The van der Waals surface area contributed by atoms with Crippen LogP contribution in [0.25, 0.3) is 10.9 Å². The molecule has 0 aliphatic carbocycles. The molecule has 8 nitrogen and oxygen atoms in total. The normalized spacial score (nSPS) is 11.9. The number of anilines is 1. The van der Waals surface area contributed by atoms with E-state index in [2.05, 4.69) is 15.3 Å². The fourth-order valence-electron chi connectivity index (χ4n) is 3.30. The molecule has 0 radical (unpaired) electrons. The number of nitrogens with one attached hydrogen (secondary N) is 3. The van der Waals surface area contributed by atoms with E-state index in [-0.39, 0.29) is 18.0 Å². The topological polar surface area (TPSA) is 97.8 Å². The number of quaternary nitrogens is 1. The molecule has 0 spiro atoms. The molecule has 158 valence electrons. The Morgan fingerprint density at radius 3 is 2.57 bits per heavy atom. The number of amides is 1. The van der Waals surface area contributed by atoms with E-state index in [4.69, 9.17) is 9.47 Å². The molecule has 1 atom stereocenters. The fraction of sp³-hybridized carbons (Fsp3) is 0.318. The van der Waals surface area contributed by atoms with Gasteiger partial charge in [-0.3, -0.25) is 9.59 Å². The molecule has 3 N–H and O–H groups in total. The Balaban J connectivity index is 1.74. The van der Waals surface area contributed by atoms with Gasteiger partial charge >= 0.3 is 0 Å². The van der Waals surface area contributed by atoms with Crippen molar-refractivity contribution in [2.45, 2.75) is 20.4 Å². The molecule has 0 saturated heterocycles. The van der Waals surface area contributed by atoms with Gasteiger partial charge in [-0.15, -0.1) is 0 Å². The van der Waals surface area contributed by atoms with Crippen LogP contribution >= 0.6 is 0 Å². The Bertz CT molecular complexity index is 1140. The smallest absolute Gasteiger partial charge is 0.279 e. The molecule has 8 heteroatoms. The van der Waals surface area contributed by atoms with Crippen LogP contribution in [0.2, 0.25) is 0 Å². The maximum absolute atomic E-state index is 12.5. The molecule has 0 aliphatic heterocycles. The van der Waals surface area contributed by atoms with Crippen LogP contribution in [0.1, 0.15) is 17.0 Å². The average molecular weight is 411 g/mol. The van der Waals surface area contributed by atoms with Crippen molar-refractivity contribution >= 4 is 22.5 Å². The van der Waals surface area contributed by atoms with Gasteiger partial charge in [0.05, 0.1) is 32.2 Å². The number of fused-ring (bicyclic) bond motifs is 1. The first kappa shape index (κ1) is 21.3. The molecule has 3 aromatic rings. The highest BCUT2D eigenvalue weighted by molar-refractivity contribution is 5.92. The van der Waals surface area contributed by atoms with Crippen LogP contribution in [0.4, 0.5) is 5.69 Å². The molecular formula is C22H27N4O4+. The number of likely N-dealkylation sites (N-methyl/N-ethyl adjacent to an activating group) is 1. The first-order valence-electron chi connectivity index (χ1n) is 9.64. The summed E-state index contributed by atoms with van der Waals surface area (Å²) in [6.45, 7) is 4.62. The Morgan fingerprint density at radius 1 is 1.17 bits per heavy atom. The van der Waals surface area contributed by atoms with Crippen molar-refractivity contribution in [2.24, 2.45) is 0 Å². The van der Waals surface area contributed by atoms with E-state index >= 15 is 0 Å². The summed E-state index contributed by atoms with van der Waals surface area (Å²) in [5, 5.41) is 3.37. The van der Waals surface area contributed by atoms with Crippen molar-refractivity contribution in [3.63, 3.8) is 0 Å². The number of methoxy groups -OCH3 is 2. The maximum Gasteiger partial charge on any atom is 0.279 e. The van der Waals surface area contributed by atoms with E-state index in [9.17, 15) is 9.59 Å². The lowest BCUT2D eigenvalue weighted by atomic mass is 10.1. The van der Waals surface area contributed by atoms with Crippen LogP contribution in [-0.4, -0.2) is 43.7 Å². The minimum atomic E-state index is -0.261.